The number of rotatable bonds is 7. The minimum atomic E-state index is 0.382. The first kappa shape index (κ1) is 14.1. The molecule has 2 N–H and O–H groups in total. The molecule has 17 heavy (non-hydrogen) atoms. The highest BCUT2D eigenvalue weighted by Gasteiger charge is 2.09. The first-order valence-electron chi connectivity index (χ1n) is 6.15. The lowest BCUT2D eigenvalue weighted by Crippen LogP contribution is -2.26. The molecule has 94 valence electrons. The predicted octanol–water partition coefficient (Wildman–Crippen LogP) is 2.34. The van der Waals surface area contributed by atoms with Gasteiger partial charge in [0.2, 0.25) is 0 Å². The molecule has 0 atom stereocenters. The Kier molecular flexibility index (Phi) is 6.08. The number of pyridine rings is 1. The molecule has 1 aromatic rings. The summed E-state index contributed by atoms with van der Waals surface area (Å²) in [6, 6.07) is 3.99. The van der Waals surface area contributed by atoms with Crippen molar-refractivity contribution < 1.29 is 0 Å². The number of hydrogen-bond acceptors (Lipinski definition) is 3. The van der Waals surface area contributed by atoms with Crippen LogP contribution in [0.4, 0.5) is 0 Å². The second-order valence-corrected chi connectivity index (χ2v) is 4.54. The maximum Gasteiger partial charge on any atom is 0.123 e. The third-order valence-corrected chi connectivity index (χ3v) is 2.99. The van der Waals surface area contributed by atoms with Crippen molar-refractivity contribution in [2.45, 2.75) is 33.2 Å². The van der Waals surface area contributed by atoms with Gasteiger partial charge in [0.1, 0.15) is 10.7 Å². The van der Waals surface area contributed by atoms with Crippen molar-refractivity contribution in [2.75, 3.05) is 13.1 Å². The lowest BCUT2D eigenvalue weighted by atomic mass is 10.1. The van der Waals surface area contributed by atoms with E-state index >= 15 is 0 Å². The third kappa shape index (κ3) is 4.40. The molecule has 4 heteroatoms. The smallest absolute Gasteiger partial charge is 0.123 e. The van der Waals surface area contributed by atoms with Crippen LogP contribution in [-0.2, 0) is 6.54 Å². The van der Waals surface area contributed by atoms with Crippen molar-refractivity contribution in [3.05, 3.63) is 29.6 Å². The average molecular weight is 251 g/mol. The van der Waals surface area contributed by atoms with E-state index in [2.05, 4.69) is 29.8 Å². The van der Waals surface area contributed by atoms with Gasteiger partial charge in [0.15, 0.2) is 0 Å². The summed E-state index contributed by atoms with van der Waals surface area (Å²) in [5.41, 5.74) is 7.57. The molecule has 0 saturated heterocycles. The highest BCUT2D eigenvalue weighted by Crippen LogP contribution is 2.10. The quantitative estimate of drug-likeness (QED) is 0.755. The summed E-state index contributed by atoms with van der Waals surface area (Å²) < 4.78 is 0. The molecule has 0 amide bonds. The molecule has 0 aliphatic heterocycles. The summed E-state index contributed by atoms with van der Waals surface area (Å²) in [5, 5.41) is 0. The molecule has 0 saturated carbocycles. The highest BCUT2D eigenvalue weighted by atomic mass is 32.1. The number of nitrogens with zero attached hydrogens (tertiary/aromatic N) is 2. The molecule has 0 spiro atoms. The Morgan fingerprint density at radius 1 is 1.47 bits per heavy atom. The van der Waals surface area contributed by atoms with Crippen LogP contribution < -0.4 is 5.73 Å². The summed E-state index contributed by atoms with van der Waals surface area (Å²) in [4.78, 5) is 7.03. The van der Waals surface area contributed by atoms with Gasteiger partial charge in [-0.1, -0.05) is 38.6 Å². The van der Waals surface area contributed by atoms with Crippen LogP contribution in [0.5, 0.6) is 0 Å². The first-order chi connectivity index (χ1) is 8.19. The molecule has 0 aliphatic rings. The van der Waals surface area contributed by atoms with E-state index in [0.717, 1.165) is 30.9 Å². The zero-order valence-electron chi connectivity index (χ0n) is 10.6. The minimum Gasteiger partial charge on any atom is -0.388 e. The van der Waals surface area contributed by atoms with E-state index in [1.165, 1.54) is 12.8 Å². The molecule has 0 bridgehead atoms. The van der Waals surface area contributed by atoms with E-state index in [0.29, 0.717) is 4.99 Å². The fraction of sp³-hybridized carbons (Fsp3) is 0.538. The molecule has 0 radical (unpaired) electrons. The Morgan fingerprint density at radius 3 is 2.82 bits per heavy atom. The normalized spacial score (nSPS) is 10.8. The van der Waals surface area contributed by atoms with Gasteiger partial charge < -0.3 is 5.73 Å². The van der Waals surface area contributed by atoms with Gasteiger partial charge >= 0.3 is 0 Å². The maximum absolute atomic E-state index is 5.68. The van der Waals surface area contributed by atoms with Crippen LogP contribution in [0, 0.1) is 0 Å². The molecular weight excluding hydrogens is 230 g/mol. The zero-order valence-corrected chi connectivity index (χ0v) is 11.5. The molecule has 0 aliphatic carbocycles. The van der Waals surface area contributed by atoms with E-state index in [4.69, 9.17) is 18.0 Å². The van der Waals surface area contributed by atoms with Crippen molar-refractivity contribution in [1.82, 2.24) is 9.88 Å². The number of nitrogens with two attached hydrogens (primary N) is 1. The summed E-state index contributed by atoms with van der Waals surface area (Å²) >= 11 is 5.02. The number of unbranched alkanes of at least 4 members (excludes halogenated alkanes) is 1. The molecule has 3 nitrogen and oxygen atoms in total. The number of aromatic nitrogens is 1. The largest absolute Gasteiger partial charge is 0.388 e. The Labute approximate surface area is 109 Å². The molecule has 1 aromatic heterocycles. The third-order valence-electron chi connectivity index (χ3n) is 2.79. The van der Waals surface area contributed by atoms with Crippen LogP contribution in [-0.4, -0.2) is 28.0 Å². The van der Waals surface area contributed by atoms with Gasteiger partial charge in [-0.25, -0.2) is 0 Å². The topological polar surface area (TPSA) is 42.2 Å². The second-order valence-electron chi connectivity index (χ2n) is 4.10. The minimum absolute atomic E-state index is 0.382. The summed E-state index contributed by atoms with van der Waals surface area (Å²) in [6.07, 6.45) is 4.17. The number of hydrogen-bond donors (Lipinski definition) is 1. The summed E-state index contributed by atoms with van der Waals surface area (Å²) in [6.45, 7) is 7.40. The van der Waals surface area contributed by atoms with Gasteiger partial charge in [0.05, 0.1) is 0 Å². The lowest BCUT2D eigenvalue weighted by molar-refractivity contribution is 0.275. The molecule has 0 aromatic carbocycles. The average Bonchev–Trinajstić information content (AvgIpc) is 2.34. The Balaban J connectivity index is 2.75. The highest BCUT2D eigenvalue weighted by molar-refractivity contribution is 7.80. The van der Waals surface area contributed by atoms with Crippen LogP contribution in [0.1, 0.15) is 37.9 Å². The molecule has 1 rings (SSSR count). The Hall–Kier alpha value is -1.00. The van der Waals surface area contributed by atoms with Crippen molar-refractivity contribution in [1.29, 1.82) is 0 Å². The summed E-state index contributed by atoms with van der Waals surface area (Å²) in [5.74, 6) is 0. The zero-order chi connectivity index (χ0) is 12.7. The fourth-order valence-corrected chi connectivity index (χ4v) is 1.94. The first-order valence-corrected chi connectivity index (χ1v) is 6.55. The van der Waals surface area contributed by atoms with Gasteiger partial charge in [0.25, 0.3) is 0 Å². The van der Waals surface area contributed by atoms with Crippen molar-refractivity contribution in [2.24, 2.45) is 5.73 Å². The second kappa shape index (κ2) is 7.35. The lowest BCUT2D eigenvalue weighted by Gasteiger charge is -2.21. The Morgan fingerprint density at radius 2 is 2.24 bits per heavy atom. The predicted molar refractivity (Wildman–Crippen MR) is 76.0 cm³/mol. The number of thiocarbonyl (C=S) groups is 1. The maximum atomic E-state index is 5.68. The SMILES string of the molecule is CCCCN(CC)Cc1cccnc1C(N)=S. The monoisotopic (exact) mass is 251 g/mol. The van der Waals surface area contributed by atoms with Crippen molar-refractivity contribution >= 4 is 17.2 Å². The van der Waals surface area contributed by atoms with E-state index in [1.54, 1.807) is 6.20 Å². The van der Waals surface area contributed by atoms with Crippen LogP contribution >= 0.6 is 12.2 Å². The summed E-state index contributed by atoms with van der Waals surface area (Å²) in [7, 11) is 0. The van der Waals surface area contributed by atoms with Gasteiger partial charge in [-0.2, -0.15) is 0 Å². The van der Waals surface area contributed by atoms with Crippen LogP contribution in [0.25, 0.3) is 0 Å². The van der Waals surface area contributed by atoms with Crippen LogP contribution in [0.15, 0.2) is 18.3 Å². The fourth-order valence-electron chi connectivity index (χ4n) is 1.76. The van der Waals surface area contributed by atoms with Gasteiger partial charge in [-0.05, 0) is 31.1 Å². The molecule has 0 fully saturated rings. The Bertz CT molecular complexity index is 365. The van der Waals surface area contributed by atoms with Gasteiger partial charge in [0, 0.05) is 12.7 Å². The van der Waals surface area contributed by atoms with Gasteiger partial charge in [-0.15, -0.1) is 0 Å². The van der Waals surface area contributed by atoms with Crippen molar-refractivity contribution in [3.63, 3.8) is 0 Å². The van der Waals surface area contributed by atoms with E-state index in [-0.39, 0.29) is 0 Å². The van der Waals surface area contributed by atoms with Gasteiger partial charge in [-0.3, -0.25) is 9.88 Å². The molecular formula is C13H21N3S. The standard InChI is InChI=1S/C13H21N3S/c1-3-5-9-16(4-2)10-11-7-6-8-15-12(11)13(14)17/h6-8H,3-5,9-10H2,1-2H3,(H2,14,17). The van der Waals surface area contributed by atoms with E-state index < -0.39 is 0 Å². The van der Waals surface area contributed by atoms with Crippen LogP contribution in [0.2, 0.25) is 0 Å². The van der Waals surface area contributed by atoms with E-state index in [1.807, 2.05) is 6.07 Å². The van der Waals surface area contributed by atoms with Crippen LogP contribution in [0.3, 0.4) is 0 Å². The van der Waals surface area contributed by atoms with Crippen molar-refractivity contribution in [3.8, 4) is 0 Å². The molecule has 1 heterocycles. The molecule has 0 unspecified atom stereocenters. The van der Waals surface area contributed by atoms with E-state index in [9.17, 15) is 0 Å².